The van der Waals surface area contributed by atoms with Crippen LogP contribution in [0, 0.1) is 0 Å². The molecule has 2 rings (SSSR count). The molecule has 0 fully saturated rings. The minimum Gasteiger partial charge on any atom is -0.385 e. The van der Waals surface area contributed by atoms with Gasteiger partial charge in [0.1, 0.15) is 0 Å². The Kier molecular flexibility index (Phi) is 7.43. The van der Waals surface area contributed by atoms with Crippen LogP contribution in [-0.2, 0) is 6.42 Å². The van der Waals surface area contributed by atoms with Crippen LogP contribution in [0.2, 0.25) is 0 Å². The number of hydrogen-bond acceptors (Lipinski definition) is 1. The highest BCUT2D eigenvalue weighted by Gasteiger charge is 2.09. The van der Waals surface area contributed by atoms with Crippen LogP contribution in [0.3, 0.4) is 0 Å². The van der Waals surface area contributed by atoms with Crippen molar-refractivity contribution < 1.29 is 0 Å². The summed E-state index contributed by atoms with van der Waals surface area (Å²) in [5, 5.41) is 3.24. The third-order valence-corrected chi connectivity index (χ3v) is 2.08. The van der Waals surface area contributed by atoms with Crippen LogP contribution >= 0.6 is 0 Å². The summed E-state index contributed by atoms with van der Waals surface area (Å²) in [6.45, 7) is 13.0. The lowest BCUT2D eigenvalue weighted by atomic mass is 9.99. The summed E-state index contributed by atoms with van der Waals surface area (Å²) in [4.78, 5) is 0. The fourth-order valence-corrected chi connectivity index (χ4v) is 1.48. The summed E-state index contributed by atoms with van der Waals surface area (Å²) < 4.78 is 0. The molecule has 0 amide bonds. The van der Waals surface area contributed by atoms with Crippen molar-refractivity contribution in [3.63, 3.8) is 0 Å². The standard InChI is InChI=1S/C10H11N.2C2H6/c1-8-10-5-3-2-4-9(10)6-7-11-8;2*1-2/h2-5,11H,1,6-7H2;2*1-2H3. The summed E-state index contributed by atoms with van der Waals surface area (Å²) >= 11 is 0. The summed E-state index contributed by atoms with van der Waals surface area (Å²) in [5.41, 5.74) is 3.75. The van der Waals surface area contributed by atoms with Gasteiger partial charge in [-0.05, 0) is 12.0 Å². The van der Waals surface area contributed by atoms with Crippen molar-refractivity contribution in [2.75, 3.05) is 6.54 Å². The van der Waals surface area contributed by atoms with Gasteiger partial charge in [-0.3, -0.25) is 0 Å². The number of rotatable bonds is 0. The third kappa shape index (κ3) is 3.78. The zero-order chi connectivity index (χ0) is 11.7. The highest BCUT2D eigenvalue weighted by Crippen LogP contribution is 2.19. The van der Waals surface area contributed by atoms with E-state index in [1.54, 1.807) is 0 Å². The van der Waals surface area contributed by atoms with Crippen LogP contribution in [0.5, 0.6) is 0 Å². The van der Waals surface area contributed by atoms with Crippen molar-refractivity contribution in [2.24, 2.45) is 0 Å². The van der Waals surface area contributed by atoms with Gasteiger partial charge in [0.25, 0.3) is 0 Å². The first kappa shape index (κ1) is 13.8. The topological polar surface area (TPSA) is 12.0 Å². The predicted molar refractivity (Wildman–Crippen MR) is 69.9 cm³/mol. The molecule has 0 aliphatic carbocycles. The van der Waals surface area contributed by atoms with Crippen LogP contribution in [0.25, 0.3) is 5.70 Å². The summed E-state index contributed by atoms with van der Waals surface area (Å²) in [6, 6.07) is 8.42. The minimum absolute atomic E-state index is 1.02. The van der Waals surface area contributed by atoms with Gasteiger partial charge in [-0.1, -0.05) is 58.5 Å². The van der Waals surface area contributed by atoms with Crippen LogP contribution in [0.15, 0.2) is 30.8 Å². The Bertz CT molecular complexity index is 289. The molecule has 1 aliphatic heterocycles. The van der Waals surface area contributed by atoms with Crippen molar-refractivity contribution in [1.29, 1.82) is 0 Å². The van der Waals surface area contributed by atoms with Gasteiger partial charge in [-0.15, -0.1) is 0 Å². The van der Waals surface area contributed by atoms with Gasteiger partial charge in [0.2, 0.25) is 0 Å². The largest absolute Gasteiger partial charge is 0.385 e. The second kappa shape index (κ2) is 8.10. The molecule has 0 spiro atoms. The minimum atomic E-state index is 1.02. The smallest absolute Gasteiger partial charge is 0.0343 e. The van der Waals surface area contributed by atoms with E-state index in [1.807, 2.05) is 27.7 Å². The van der Waals surface area contributed by atoms with E-state index in [0.29, 0.717) is 0 Å². The molecule has 0 saturated carbocycles. The Balaban J connectivity index is 0.000000442. The van der Waals surface area contributed by atoms with E-state index in [0.717, 1.165) is 18.7 Å². The van der Waals surface area contributed by atoms with Crippen LogP contribution in [0.4, 0.5) is 0 Å². The lowest BCUT2D eigenvalue weighted by Crippen LogP contribution is -2.21. The number of nitrogens with one attached hydrogen (secondary N) is 1. The van der Waals surface area contributed by atoms with Crippen molar-refractivity contribution in [1.82, 2.24) is 5.32 Å². The second-order valence-electron chi connectivity index (χ2n) is 2.81. The Morgan fingerprint density at radius 2 is 1.67 bits per heavy atom. The van der Waals surface area contributed by atoms with Gasteiger partial charge in [0, 0.05) is 17.8 Å². The van der Waals surface area contributed by atoms with Crippen LogP contribution in [-0.4, -0.2) is 6.54 Å². The fourth-order valence-electron chi connectivity index (χ4n) is 1.48. The molecular formula is C14H23N. The fraction of sp³-hybridized carbons (Fsp3) is 0.429. The first-order valence-electron chi connectivity index (χ1n) is 5.89. The molecule has 1 heteroatoms. The lowest BCUT2D eigenvalue weighted by Gasteiger charge is -2.19. The molecule has 0 atom stereocenters. The van der Waals surface area contributed by atoms with Crippen molar-refractivity contribution >= 4 is 5.70 Å². The van der Waals surface area contributed by atoms with Crippen LogP contribution in [0.1, 0.15) is 38.8 Å². The number of hydrogen-bond donors (Lipinski definition) is 1. The normalized spacial score (nSPS) is 12.1. The molecule has 84 valence electrons. The molecule has 0 radical (unpaired) electrons. The van der Waals surface area contributed by atoms with Crippen molar-refractivity contribution in [3.8, 4) is 0 Å². The Labute approximate surface area is 94.2 Å². The molecule has 1 aliphatic rings. The van der Waals surface area contributed by atoms with Gasteiger partial charge in [-0.2, -0.15) is 0 Å². The summed E-state index contributed by atoms with van der Waals surface area (Å²) in [7, 11) is 0. The van der Waals surface area contributed by atoms with E-state index in [9.17, 15) is 0 Å². The number of fused-ring (bicyclic) bond motifs is 1. The summed E-state index contributed by atoms with van der Waals surface area (Å²) in [6.07, 6.45) is 1.12. The monoisotopic (exact) mass is 205 g/mol. The average Bonchev–Trinajstić information content (AvgIpc) is 2.35. The lowest BCUT2D eigenvalue weighted by molar-refractivity contribution is 0.816. The maximum atomic E-state index is 3.94. The molecule has 1 heterocycles. The Morgan fingerprint density at radius 1 is 1.07 bits per heavy atom. The van der Waals surface area contributed by atoms with Crippen LogP contribution < -0.4 is 5.32 Å². The molecular weight excluding hydrogens is 182 g/mol. The molecule has 0 saturated heterocycles. The van der Waals surface area contributed by atoms with Gasteiger partial charge < -0.3 is 5.32 Å². The summed E-state index contributed by atoms with van der Waals surface area (Å²) in [5.74, 6) is 0. The van der Waals surface area contributed by atoms with Crippen molar-refractivity contribution in [2.45, 2.75) is 34.1 Å². The number of benzene rings is 1. The van der Waals surface area contributed by atoms with E-state index in [1.165, 1.54) is 11.1 Å². The molecule has 0 bridgehead atoms. The van der Waals surface area contributed by atoms with Gasteiger partial charge in [-0.25, -0.2) is 0 Å². The zero-order valence-corrected chi connectivity index (χ0v) is 10.4. The molecule has 1 nitrogen and oxygen atoms in total. The van der Waals surface area contributed by atoms with E-state index < -0.39 is 0 Å². The van der Waals surface area contributed by atoms with Gasteiger partial charge in [0.05, 0.1) is 0 Å². The molecule has 0 unspecified atom stereocenters. The third-order valence-electron chi connectivity index (χ3n) is 2.08. The Hall–Kier alpha value is -1.24. The molecule has 1 aromatic rings. The van der Waals surface area contributed by atoms with Gasteiger partial charge >= 0.3 is 0 Å². The highest BCUT2D eigenvalue weighted by atomic mass is 14.9. The SMILES string of the molecule is C=C1NCCc2ccccc21.CC.CC. The maximum absolute atomic E-state index is 3.94. The zero-order valence-electron chi connectivity index (χ0n) is 10.4. The average molecular weight is 205 g/mol. The van der Waals surface area contributed by atoms with E-state index in [4.69, 9.17) is 0 Å². The quantitative estimate of drug-likeness (QED) is 0.678. The molecule has 1 N–H and O–H groups in total. The molecule has 15 heavy (non-hydrogen) atoms. The molecule has 0 aromatic heterocycles. The van der Waals surface area contributed by atoms with E-state index >= 15 is 0 Å². The van der Waals surface area contributed by atoms with Gasteiger partial charge in [0.15, 0.2) is 0 Å². The first-order chi connectivity index (χ1) is 7.38. The maximum Gasteiger partial charge on any atom is 0.0343 e. The Morgan fingerprint density at radius 3 is 2.27 bits per heavy atom. The predicted octanol–water partition coefficient (Wildman–Crippen LogP) is 3.86. The van der Waals surface area contributed by atoms with E-state index in [2.05, 4.69) is 36.2 Å². The van der Waals surface area contributed by atoms with Crippen molar-refractivity contribution in [3.05, 3.63) is 42.0 Å². The van der Waals surface area contributed by atoms with E-state index in [-0.39, 0.29) is 0 Å². The molecule has 1 aromatic carbocycles. The highest BCUT2D eigenvalue weighted by molar-refractivity contribution is 5.66. The first-order valence-corrected chi connectivity index (χ1v) is 5.89. The second-order valence-corrected chi connectivity index (χ2v) is 2.81.